The van der Waals surface area contributed by atoms with Gasteiger partial charge in [-0.1, -0.05) is 26.0 Å². The van der Waals surface area contributed by atoms with E-state index in [4.69, 9.17) is 5.11 Å². The first kappa shape index (κ1) is 13.4. The molecule has 2 heterocycles. The maximum absolute atomic E-state index is 11.2. The number of fused-ring (bicyclic) bond motifs is 1. The van der Waals surface area contributed by atoms with Gasteiger partial charge in [0.05, 0.1) is 16.7 Å². The fourth-order valence-electron chi connectivity index (χ4n) is 2.39. The van der Waals surface area contributed by atoms with E-state index in [0.29, 0.717) is 5.95 Å². The van der Waals surface area contributed by atoms with Gasteiger partial charge in [-0.3, -0.25) is 0 Å². The van der Waals surface area contributed by atoms with Gasteiger partial charge in [0.15, 0.2) is 5.69 Å². The van der Waals surface area contributed by atoms with Gasteiger partial charge in [0.2, 0.25) is 5.95 Å². The van der Waals surface area contributed by atoms with Gasteiger partial charge in [-0.2, -0.15) is 5.10 Å². The van der Waals surface area contributed by atoms with Crippen molar-refractivity contribution in [3.05, 3.63) is 41.7 Å². The highest BCUT2D eigenvalue weighted by Crippen LogP contribution is 2.22. The zero-order valence-corrected chi connectivity index (χ0v) is 12.1. The van der Waals surface area contributed by atoms with E-state index in [9.17, 15) is 4.79 Å². The number of para-hydroxylation sites is 2. The largest absolute Gasteiger partial charge is 0.476 e. The molecule has 108 valence electrons. The number of carboxylic acid groups (broad SMARTS) is 1. The normalized spacial score (nSPS) is 11.4. The van der Waals surface area contributed by atoms with E-state index >= 15 is 0 Å². The van der Waals surface area contributed by atoms with Crippen molar-refractivity contribution < 1.29 is 9.90 Å². The van der Waals surface area contributed by atoms with E-state index in [-0.39, 0.29) is 11.6 Å². The van der Waals surface area contributed by atoms with Gasteiger partial charge in [0.25, 0.3) is 0 Å². The molecule has 3 rings (SSSR count). The van der Waals surface area contributed by atoms with Gasteiger partial charge in [-0.25, -0.2) is 14.5 Å². The predicted octanol–water partition coefficient (Wildman–Crippen LogP) is 2.58. The second-order valence-corrected chi connectivity index (χ2v) is 5.29. The summed E-state index contributed by atoms with van der Waals surface area (Å²) < 4.78 is 3.54. The van der Waals surface area contributed by atoms with Crippen molar-refractivity contribution in [1.29, 1.82) is 0 Å². The minimum absolute atomic E-state index is 0.0331. The van der Waals surface area contributed by atoms with Crippen molar-refractivity contribution >= 4 is 17.0 Å². The van der Waals surface area contributed by atoms with Gasteiger partial charge in [0.1, 0.15) is 0 Å². The number of aromatic nitrogens is 4. The molecule has 0 aliphatic rings. The zero-order valence-electron chi connectivity index (χ0n) is 12.1. The Morgan fingerprint density at radius 3 is 2.62 bits per heavy atom. The number of imidazole rings is 1. The third-order valence-electron chi connectivity index (χ3n) is 3.50. The molecule has 0 aliphatic carbocycles. The van der Waals surface area contributed by atoms with Crippen LogP contribution in [0.1, 0.15) is 35.9 Å². The van der Waals surface area contributed by atoms with Crippen LogP contribution in [0.4, 0.5) is 0 Å². The Morgan fingerprint density at radius 2 is 2.00 bits per heavy atom. The maximum atomic E-state index is 11.2. The third kappa shape index (κ3) is 2.08. The molecule has 1 aromatic carbocycles. The lowest BCUT2D eigenvalue weighted by Crippen LogP contribution is -2.10. The minimum atomic E-state index is -1.03. The van der Waals surface area contributed by atoms with Crippen molar-refractivity contribution in [2.75, 3.05) is 0 Å². The lowest BCUT2D eigenvalue weighted by atomic mass is 10.1. The molecule has 0 saturated heterocycles. The van der Waals surface area contributed by atoms with E-state index in [0.717, 1.165) is 16.7 Å². The standard InChI is InChI=1S/C15H16N4O2/c1-9(2)13-8-11(14(20)21)17-19(13)15-16-10-6-4-5-7-12(10)18(15)3/h4-9H,1-3H3,(H,20,21). The summed E-state index contributed by atoms with van der Waals surface area (Å²) in [6.07, 6.45) is 0. The smallest absolute Gasteiger partial charge is 0.356 e. The topological polar surface area (TPSA) is 72.9 Å². The number of aromatic carboxylic acids is 1. The summed E-state index contributed by atoms with van der Waals surface area (Å²) in [6.45, 7) is 4.00. The highest BCUT2D eigenvalue weighted by atomic mass is 16.4. The van der Waals surface area contributed by atoms with E-state index in [1.54, 1.807) is 10.7 Å². The highest BCUT2D eigenvalue weighted by Gasteiger charge is 2.20. The average Bonchev–Trinajstić information content (AvgIpc) is 3.01. The van der Waals surface area contributed by atoms with E-state index < -0.39 is 5.97 Å². The molecule has 0 bridgehead atoms. The molecule has 6 nitrogen and oxygen atoms in total. The van der Waals surface area contributed by atoms with Crippen LogP contribution in [-0.4, -0.2) is 30.4 Å². The number of carboxylic acids is 1. The van der Waals surface area contributed by atoms with Crippen LogP contribution < -0.4 is 0 Å². The molecule has 0 saturated carbocycles. The highest BCUT2D eigenvalue weighted by molar-refractivity contribution is 5.85. The Bertz CT molecular complexity index is 829. The maximum Gasteiger partial charge on any atom is 0.356 e. The fraction of sp³-hybridized carbons (Fsp3) is 0.267. The minimum Gasteiger partial charge on any atom is -0.476 e. The van der Waals surface area contributed by atoms with Crippen LogP contribution in [0.5, 0.6) is 0 Å². The molecule has 1 N–H and O–H groups in total. The first-order valence-electron chi connectivity index (χ1n) is 6.74. The van der Waals surface area contributed by atoms with Gasteiger partial charge in [0, 0.05) is 7.05 Å². The monoisotopic (exact) mass is 284 g/mol. The molecule has 2 aromatic heterocycles. The second-order valence-electron chi connectivity index (χ2n) is 5.29. The SMILES string of the molecule is CC(C)c1cc(C(=O)O)nn1-c1nc2ccccc2n1C. The number of hydrogen-bond donors (Lipinski definition) is 1. The number of hydrogen-bond acceptors (Lipinski definition) is 3. The van der Waals surface area contributed by atoms with Crippen LogP contribution >= 0.6 is 0 Å². The number of aryl methyl sites for hydroxylation is 1. The summed E-state index contributed by atoms with van der Waals surface area (Å²) in [4.78, 5) is 15.7. The molecule has 0 aliphatic heterocycles. The quantitative estimate of drug-likeness (QED) is 0.802. The summed E-state index contributed by atoms with van der Waals surface area (Å²) in [5.74, 6) is -0.271. The summed E-state index contributed by atoms with van der Waals surface area (Å²) in [6, 6.07) is 9.38. The molecular weight excluding hydrogens is 268 g/mol. The molecule has 0 amide bonds. The second kappa shape index (κ2) is 4.73. The Kier molecular flexibility index (Phi) is 3.01. The van der Waals surface area contributed by atoms with Crippen LogP contribution in [0.15, 0.2) is 30.3 Å². The lowest BCUT2D eigenvalue weighted by molar-refractivity contribution is 0.0690. The zero-order chi connectivity index (χ0) is 15.1. The van der Waals surface area contributed by atoms with E-state index in [1.165, 1.54) is 0 Å². The number of carbonyl (C=O) groups is 1. The third-order valence-corrected chi connectivity index (χ3v) is 3.50. The summed E-state index contributed by atoms with van der Waals surface area (Å²) >= 11 is 0. The Balaban J connectivity index is 2.26. The molecule has 0 radical (unpaired) electrons. The van der Waals surface area contributed by atoms with Crippen molar-refractivity contribution in [3.63, 3.8) is 0 Å². The first-order valence-corrected chi connectivity index (χ1v) is 6.74. The van der Waals surface area contributed by atoms with Crippen LogP contribution in [-0.2, 0) is 7.05 Å². The van der Waals surface area contributed by atoms with Crippen molar-refractivity contribution in [2.24, 2.45) is 7.05 Å². The van der Waals surface area contributed by atoms with Crippen LogP contribution in [0, 0.1) is 0 Å². The Labute approximate surface area is 121 Å². The number of benzene rings is 1. The summed E-state index contributed by atoms with van der Waals surface area (Å²) in [5, 5.41) is 13.3. The summed E-state index contributed by atoms with van der Waals surface area (Å²) in [5.41, 5.74) is 2.70. The number of nitrogens with zero attached hydrogens (tertiary/aromatic N) is 4. The van der Waals surface area contributed by atoms with Gasteiger partial charge in [-0.15, -0.1) is 0 Å². The predicted molar refractivity (Wildman–Crippen MR) is 78.9 cm³/mol. The summed E-state index contributed by atoms with van der Waals surface area (Å²) in [7, 11) is 1.90. The van der Waals surface area contributed by atoms with Crippen molar-refractivity contribution in [2.45, 2.75) is 19.8 Å². The molecule has 0 atom stereocenters. The molecule has 0 spiro atoms. The van der Waals surface area contributed by atoms with Crippen LogP contribution in [0.2, 0.25) is 0 Å². The average molecular weight is 284 g/mol. The Morgan fingerprint density at radius 1 is 1.29 bits per heavy atom. The molecule has 0 unspecified atom stereocenters. The van der Waals surface area contributed by atoms with Crippen molar-refractivity contribution in [1.82, 2.24) is 19.3 Å². The van der Waals surface area contributed by atoms with Crippen LogP contribution in [0.3, 0.4) is 0 Å². The van der Waals surface area contributed by atoms with Gasteiger partial charge >= 0.3 is 5.97 Å². The van der Waals surface area contributed by atoms with E-state index in [1.807, 2.05) is 49.7 Å². The number of rotatable bonds is 3. The fourth-order valence-corrected chi connectivity index (χ4v) is 2.39. The molecule has 0 fully saturated rings. The van der Waals surface area contributed by atoms with E-state index in [2.05, 4.69) is 10.1 Å². The van der Waals surface area contributed by atoms with Gasteiger partial charge < -0.3 is 9.67 Å². The molecule has 6 heteroatoms. The first-order chi connectivity index (χ1) is 9.99. The molecule has 21 heavy (non-hydrogen) atoms. The van der Waals surface area contributed by atoms with Gasteiger partial charge in [-0.05, 0) is 24.1 Å². The van der Waals surface area contributed by atoms with Crippen LogP contribution in [0.25, 0.3) is 17.0 Å². The molecule has 3 aromatic rings. The Hall–Kier alpha value is -2.63. The molecular formula is C15H16N4O2. The van der Waals surface area contributed by atoms with Crippen molar-refractivity contribution in [3.8, 4) is 5.95 Å². The lowest BCUT2D eigenvalue weighted by Gasteiger charge is -2.09.